The van der Waals surface area contributed by atoms with Crippen LogP contribution in [0.3, 0.4) is 0 Å². The molecular weight excluding hydrogens is 416 g/mol. The normalized spacial score (nSPS) is 13.9. The standard InChI is InChI=1S/C25H28N6O2/c26-23-22(25(33)29-20-10-3-1-4-11-20)30-21(17-28-23)18-8-7-9-19(16-18)24(32)27-12-15-31-13-5-2-6-14-31/h1,3-4,7-11,16-17H,2,5-6,12-15H2,(H2,26,28)(H,27,32)(H,29,33). The van der Waals surface area contributed by atoms with Crippen LogP contribution < -0.4 is 16.4 Å². The minimum Gasteiger partial charge on any atom is -0.382 e. The van der Waals surface area contributed by atoms with Crippen LogP contribution in [0.1, 0.15) is 40.1 Å². The molecule has 0 radical (unpaired) electrons. The number of para-hydroxylation sites is 1. The summed E-state index contributed by atoms with van der Waals surface area (Å²) in [4.78, 5) is 36.3. The molecular formula is C25H28N6O2. The topological polar surface area (TPSA) is 113 Å². The van der Waals surface area contributed by atoms with Gasteiger partial charge in [-0.05, 0) is 50.2 Å². The van der Waals surface area contributed by atoms with E-state index in [-0.39, 0.29) is 17.4 Å². The average Bonchev–Trinajstić information content (AvgIpc) is 2.85. The zero-order valence-corrected chi connectivity index (χ0v) is 18.5. The molecule has 1 fully saturated rings. The molecule has 8 nitrogen and oxygen atoms in total. The van der Waals surface area contributed by atoms with Crippen LogP contribution in [-0.4, -0.2) is 52.9 Å². The van der Waals surface area contributed by atoms with Gasteiger partial charge in [0, 0.05) is 29.9 Å². The lowest BCUT2D eigenvalue weighted by Gasteiger charge is -2.26. The number of benzene rings is 2. The van der Waals surface area contributed by atoms with E-state index in [0.717, 1.165) is 19.6 Å². The Morgan fingerprint density at radius 2 is 1.76 bits per heavy atom. The third-order valence-electron chi connectivity index (χ3n) is 5.63. The summed E-state index contributed by atoms with van der Waals surface area (Å²) in [6.07, 6.45) is 5.25. The fraction of sp³-hybridized carbons (Fsp3) is 0.280. The lowest BCUT2D eigenvalue weighted by molar-refractivity contribution is 0.0945. The molecule has 33 heavy (non-hydrogen) atoms. The number of carbonyl (C=O) groups excluding carboxylic acids is 2. The van der Waals surface area contributed by atoms with Crippen molar-refractivity contribution in [1.82, 2.24) is 20.2 Å². The predicted octanol–water partition coefficient (Wildman–Crippen LogP) is 3.19. The van der Waals surface area contributed by atoms with E-state index in [2.05, 4.69) is 25.5 Å². The highest BCUT2D eigenvalue weighted by atomic mass is 16.2. The number of piperidine rings is 1. The van der Waals surface area contributed by atoms with Crippen LogP contribution in [0.2, 0.25) is 0 Å². The molecule has 1 aliphatic rings. The van der Waals surface area contributed by atoms with Crippen LogP contribution >= 0.6 is 0 Å². The van der Waals surface area contributed by atoms with Crippen molar-refractivity contribution in [2.45, 2.75) is 19.3 Å². The first-order valence-corrected chi connectivity index (χ1v) is 11.2. The molecule has 0 unspecified atom stereocenters. The molecule has 1 aliphatic heterocycles. The molecule has 2 aromatic carbocycles. The van der Waals surface area contributed by atoms with Gasteiger partial charge in [-0.25, -0.2) is 9.97 Å². The van der Waals surface area contributed by atoms with Crippen molar-refractivity contribution in [3.05, 3.63) is 72.1 Å². The van der Waals surface area contributed by atoms with Crippen molar-refractivity contribution in [2.24, 2.45) is 0 Å². The lowest BCUT2D eigenvalue weighted by atomic mass is 10.1. The smallest absolute Gasteiger partial charge is 0.278 e. The van der Waals surface area contributed by atoms with E-state index in [1.165, 1.54) is 25.5 Å². The van der Waals surface area contributed by atoms with Crippen LogP contribution in [0, 0.1) is 0 Å². The average molecular weight is 445 g/mol. The number of anilines is 2. The van der Waals surface area contributed by atoms with Gasteiger partial charge in [-0.15, -0.1) is 0 Å². The van der Waals surface area contributed by atoms with E-state index in [1.54, 1.807) is 30.3 Å². The van der Waals surface area contributed by atoms with Gasteiger partial charge >= 0.3 is 0 Å². The molecule has 2 heterocycles. The second kappa shape index (κ2) is 10.7. The first kappa shape index (κ1) is 22.4. The molecule has 0 atom stereocenters. The lowest BCUT2D eigenvalue weighted by Crippen LogP contribution is -2.37. The molecule has 1 saturated heterocycles. The Bertz CT molecular complexity index is 1110. The summed E-state index contributed by atoms with van der Waals surface area (Å²) < 4.78 is 0. The fourth-order valence-electron chi connectivity index (χ4n) is 3.85. The number of aromatic nitrogens is 2. The monoisotopic (exact) mass is 444 g/mol. The quantitative estimate of drug-likeness (QED) is 0.516. The van der Waals surface area contributed by atoms with Crippen molar-refractivity contribution < 1.29 is 9.59 Å². The number of rotatable bonds is 7. The van der Waals surface area contributed by atoms with Gasteiger partial charge in [-0.1, -0.05) is 36.8 Å². The zero-order valence-electron chi connectivity index (χ0n) is 18.5. The largest absolute Gasteiger partial charge is 0.382 e. The summed E-state index contributed by atoms with van der Waals surface area (Å²) in [6, 6.07) is 16.2. The van der Waals surface area contributed by atoms with E-state index in [4.69, 9.17) is 5.73 Å². The molecule has 4 N–H and O–H groups in total. The number of nitrogens with zero attached hydrogens (tertiary/aromatic N) is 3. The van der Waals surface area contributed by atoms with Crippen LogP contribution in [0.4, 0.5) is 11.5 Å². The van der Waals surface area contributed by atoms with Crippen molar-refractivity contribution in [3.63, 3.8) is 0 Å². The minimum atomic E-state index is -0.445. The minimum absolute atomic E-state index is 0.0349. The maximum Gasteiger partial charge on any atom is 0.278 e. The number of hydrogen-bond acceptors (Lipinski definition) is 6. The third kappa shape index (κ3) is 5.93. The van der Waals surface area contributed by atoms with Crippen LogP contribution in [-0.2, 0) is 0 Å². The SMILES string of the molecule is Nc1ncc(-c2cccc(C(=O)NCCN3CCCCC3)c2)nc1C(=O)Nc1ccccc1. The number of nitrogen functional groups attached to an aromatic ring is 1. The van der Waals surface area contributed by atoms with Gasteiger partial charge in [0.2, 0.25) is 0 Å². The first-order chi connectivity index (χ1) is 16.1. The van der Waals surface area contributed by atoms with Crippen LogP contribution in [0.5, 0.6) is 0 Å². The Labute approximate surface area is 193 Å². The zero-order chi connectivity index (χ0) is 23.0. The fourth-order valence-corrected chi connectivity index (χ4v) is 3.85. The van der Waals surface area contributed by atoms with Crippen molar-refractivity contribution >= 4 is 23.3 Å². The van der Waals surface area contributed by atoms with Gasteiger partial charge in [-0.3, -0.25) is 9.59 Å². The molecule has 3 aromatic rings. The second-order valence-corrected chi connectivity index (χ2v) is 8.05. The molecule has 0 saturated carbocycles. The summed E-state index contributed by atoms with van der Waals surface area (Å²) in [6.45, 7) is 3.66. The van der Waals surface area contributed by atoms with Gasteiger partial charge in [0.25, 0.3) is 11.8 Å². The summed E-state index contributed by atoms with van der Waals surface area (Å²) >= 11 is 0. The maximum absolute atomic E-state index is 12.7. The van der Waals surface area contributed by atoms with Gasteiger partial charge in [0.15, 0.2) is 11.5 Å². The first-order valence-electron chi connectivity index (χ1n) is 11.2. The number of nitrogens with two attached hydrogens (primary N) is 1. The molecule has 2 amide bonds. The molecule has 170 valence electrons. The van der Waals surface area contributed by atoms with Gasteiger partial charge < -0.3 is 21.3 Å². The predicted molar refractivity (Wildman–Crippen MR) is 129 cm³/mol. The van der Waals surface area contributed by atoms with Crippen molar-refractivity contribution in [2.75, 3.05) is 37.2 Å². The van der Waals surface area contributed by atoms with E-state index in [9.17, 15) is 9.59 Å². The summed E-state index contributed by atoms with van der Waals surface area (Å²) in [7, 11) is 0. The van der Waals surface area contributed by atoms with Gasteiger partial charge in [0.05, 0.1) is 11.9 Å². The molecule has 4 rings (SSSR count). The highest BCUT2D eigenvalue weighted by molar-refractivity contribution is 6.06. The maximum atomic E-state index is 12.7. The number of amides is 2. The molecule has 0 bridgehead atoms. The molecule has 1 aromatic heterocycles. The third-order valence-corrected chi connectivity index (χ3v) is 5.63. The van der Waals surface area contributed by atoms with E-state index in [0.29, 0.717) is 29.1 Å². The molecule has 8 heteroatoms. The van der Waals surface area contributed by atoms with E-state index in [1.807, 2.05) is 24.3 Å². The van der Waals surface area contributed by atoms with Gasteiger partial charge in [0.1, 0.15) is 0 Å². The number of likely N-dealkylation sites (tertiary alicyclic amines) is 1. The van der Waals surface area contributed by atoms with E-state index < -0.39 is 5.91 Å². The Morgan fingerprint density at radius 1 is 0.970 bits per heavy atom. The Morgan fingerprint density at radius 3 is 2.55 bits per heavy atom. The van der Waals surface area contributed by atoms with Gasteiger partial charge in [-0.2, -0.15) is 0 Å². The summed E-state index contributed by atoms with van der Waals surface area (Å²) in [5.74, 6) is -0.544. The summed E-state index contributed by atoms with van der Waals surface area (Å²) in [5.41, 5.74) is 8.26. The second-order valence-electron chi connectivity index (χ2n) is 8.05. The van der Waals surface area contributed by atoms with Crippen LogP contribution in [0.15, 0.2) is 60.8 Å². The number of hydrogen-bond donors (Lipinski definition) is 3. The number of nitrogens with one attached hydrogen (secondary N) is 2. The highest BCUT2D eigenvalue weighted by Gasteiger charge is 2.16. The van der Waals surface area contributed by atoms with E-state index >= 15 is 0 Å². The number of carbonyl (C=O) groups is 2. The highest BCUT2D eigenvalue weighted by Crippen LogP contribution is 2.21. The Hall–Kier alpha value is -3.78. The molecule has 0 aliphatic carbocycles. The van der Waals surface area contributed by atoms with Crippen LogP contribution in [0.25, 0.3) is 11.3 Å². The van der Waals surface area contributed by atoms with Crippen molar-refractivity contribution in [3.8, 4) is 11.3 Å². The Balaban J connectivity index is 1.44. The molecule has 0 spiro atoms. The Kier molecular flexibility index (Phi) is 7.26. The summed E-state index contributed by atoms with van der Waals surface area (Å²) in [5, 5.41) is 5.76. The van der Waals surface area contributed by atoms with Crippen molar-refractivity contribution in [1.29, 1.82) is 0 Å².